The van der Waals surface area contributed by atoms with Gasteiger partial charge < -0.3 is 14.8 Å². The number of hydrogen-bond acceptors (Lipinski definition) is 5. The number of piperazine rings is 1. The zero-order valence-electron chi connectivity index (χ0n) is 15.0. The third-order valence-corrected chi connectivity index (χ3v) is 5.15. The number of rotatable bonds is 5. The van der Waals surface area contributed by atoms with Gasteiger partial charge in [-0.15, -0.1) is 12.4 Å². The van der Waals surface area contributed by atoms with Gasteiger partial charge in [0, 0.05) is 51.9 Å². The van der Waals surface area contributed by atoms with Crippen molar-refractivity contribution in [3.05, 3.63) is 23.3 Å². The van der Waals surface area contributed by atoms with Gasteiger partial charge in [0.25, 0.3) is 0 Å². The Morgan fingerprint density at radius 1 is 1.08 bits per heavy atom. The fourth-order valence-electron chi connectivity index (χ4n) is 3.74. The van der Waals surface area contributed by atoms with Crippen LogP contribution < -0.4 is 14.8 Å². The third kappa shape index (κ3) is 4.33. The van der Waals surface area contributed by atoms with Crippen LogP contribution in [-0.2, 0) is 6.54 Å². The van der Waals surface area contributed by atoms with E-state index in [2.05, 4.69) is 34.2 Å². The molecule has 0 spiro atoms. The molecule has 0 bridgehead atoms. The molecule has 24 heavy (non-hydrogen) atoms. The molecule has 0 saturated carbocycles. The van der Waals surface area contributed by atoms with E-state index in [-0.39, 0.29) is 12.4 Å². The maximum absolute atomic E-state index is 5.45. The predicted molar refractivity (Wildman–Crippen MR) is 99.7 cm³/mol. The van der Waals surface area contributed by atoms with Crippen molar-refractivity contribution in [2.24, 2.45) is 0 Å². The minimum absolute atomic E-state index is 0. The average molecular weight is 356 g/mol. The summed E-state index contributed by atoms with van der Waals surface area (Å²) in [7, 11) is 3.39. The number of halogens is 1. The van der Waals surface area contributed by atoms with Crippen LogP contribution in [0.4, 0.5) is 0 Å². The Morgan fingerprint density at radius 3 is 2.42 bits per heavy atom. The summed E-state index contributed by atoms with van der Waals surface area (Å²) < 4.78 is 10.8. The number of likely N-dealkylation sites (tertiary alicyclic amines) is 1. The summed E-state index contributed by atoms with van der Waals surface area (Å²) in [5.74, 6) is 1.64. The Bertz CT molecular complexity index is 535. The fraction of sp³-hybridized carbons (Fsp3) is 0.667. The van der Waals surface area contributed by atoms with Crippen molar-refractivity contribution in [3.8, 4) is 11.5 Å². The molecular weight excluding hydrogens is 326 g/mol. The summed E-state index contributed by atoms with van der Waals surface area (Å²) in [6.07, 6.45) is 1.28. The molecule has 136 valence electrons. The van der Waals surface area contributed by atoms with Gasteiger partial charge in [0.15, 0.2) is 11.5 Å². The zero-order valence-corrected chi connectivity index (χ0v) is 15.8. The van der Waals surface area contributed by atoms with E-state index in [0.29, 0.717) is 0 Å². The van der Waals surface area contributed by atoms with Crippen molar-refractivity contribution in [1.29, 1.82) is 0 Å². The molecule has 2 fully saturated rings. The number of nitrogens with zero attached hydrogens (tertiary/aromatic N) is 2. The van der Waals surface area contributed by atoms with E-state index in [4.69, 9.17) is 9.47 Å². The lowest BCUT2D eigenvalue weighted by molar-refractivity contribution is 0.170. The molecule has 1 aromatic carbocycles. The van der Waals surface area contributed by atoms with E-state index in [0.717, 1.165) is 37.2 Å². The van der Waals surface area contributed by atoms with Crippen LogP contribution in [0.5, 0.6) is 11.5 Å². The summed E-state index contributed by atoms with van der Waals surface area (Å²) in [5, 5.41) is 3.44. The van der Waals surface area contributed by atoms with E-state index in [1.54, 1.807) is 14.2 Å². The molecule has 0 aromatic heterocycles. The summed E-state index contributed by atoms with van der Waals surface area (Å²) in [6.45, 7) is 10.1. The molecular formula is C18H30ClN3O2. The molecule has 2 aliphatic heterocycles. The summed E-state index contributed by atoms with van der Waals surface area (Å²) in [6, 6.07) is 4.93. The van der Waals surface area contributed by atoms with Crippen LogP contribution in [0.3, 0.4) is 0 Å². The van der Waals surface area contributed by atoms with Crippen LogP contribution in [0.15, 0.2) is 12.1 Å². The quantitative estimate of drug-likeness (QED) is 0.873. The van der Waals surface area contributed by atoms with Crippen LogP contribution in [-0.4, -0.2) is 69.3 Å². The number of nitrogens with one attached hydrogen (secondary N) is 1. The molecule has 2 aliphatic rings. The first-order valence-electron chi connectivity index (χ1n) is 8.60. The minimum atomic E-state index is 0. The zero-order chi connectivity index (χ0) is 16.2. The molecule has 2 saturated heterocycles. The molecule has 1 N–H and O–H groups in total. The molecule has 0 amide bonds. The molecule has 1 unspecified atom stereocenters. The Balaban J connectivity index is 0.00000208. The van der Waals surface area contributed by atoms with E-state index in [1.165, 1.54) is 43.7 Å². The highest BCUT2D eigenvalue weighted by Gasteiger charge is 2.28. The van der Waals surface area contributed by atoms with Crippen LogP contribution in [0.1, 0.15) is 17.5 Å². The van der Waals surface area contributed by atoms with E-state index < -0.39 is 0 Å². The first kappa shape index (κ1) is 19.3. The lowest BCUT2D eigenvalue weighted by Crippen LogP contribution is -2.49. The standard InChI is InChI=1S/C18H29N3O2.ClH/c1-14-10-17(22-2)18(23-3)11-15(14)12-20-7-4-16(13-20)21-8-5-19-6-9-21;/h10-11,16,19H,4-9,12-13H2,1-3H3;1H. The van der Waals surface area contributed by atoms with Gasteiger partial charge in [-0.3, -0.25) is 9.80 Å². The molecule has 1 atom stereocenters. The number of hydrogen-bond donors (Lipinski definition) is 1. The summed E-state index contributed by atoms with van der Waals surface area (Å²) >= 11 is 0. The maximum atomic E-state index is 5.45. The Hall–Kier alpha value is -1.01. The van der Waals surface area contributed by atoms with Gasteiger partial charge >= 0.3 is 0 Å². The third-order valence-electron chi connectivity index (χ3n) is 5.15. The van der Waals surface area contributed by atoms with Gasteiger partial charge in [0.1, 0.15) is 0 Å². The van der Waals surface area contributed by atoms with E-state index in [1.807, 2.05) is 0 Å². The van der Waals surface area contributed by atoms with Crippen LogP contribution in [0.25, 0.3) is 0 Å². The molecule has 1 aromatic rings. The SMILES string of the molecule is COc1cc(C)c(CN2CCC(N3CCNCC3)C2)cc1OC.Cl. The topological polar surface area (TPSA) is 37.0 Å². The van der Waals surface area contributed by atoms with Crippen molar-refractivity contribution in [2.45, 2.75) is 25.9 Å². The number of aryl methyl sites for hydroxylation is 1. The normalized spacial score (nSPS) is 22.2. The molecule has 6 heteroatoms. The van der Waals surface area contributed by atoms with Gasteiger partial charge in [-0.2, -0.15) is 0 Å². The van der Waals surface area contributed by atoms with Crippen LogP contribution >= 0.6 is 12.4 Å². The molecule has 5 nitrogen and oxygen atoms in total. The first-order valence-corrected chi connectivity index (χ1v) is 8.60. The Morgan fingerprint density at radius 2 is 1.75 bits per heavy atom. The Labute approximate surface area is 151 Å². The molecule has 3 rings (SSSR count). The second-order valence-electron chi connectivity index (χ2n) is 6.60. The first-order chi connectivity index (χ1) is 11.2. The van der Waals surface area contributed by atoms with Crippen LogP contribution in [0, 0.1) is 6.92 Å². The van der Waals surface area contributed by atoms with Crippen molar-refractivity contribution >= 4 is 12.4 Å². The average Bonchev–Trinajstić information content (AvgIpc) is 3.05. The second kappa shape index (κ2) is 8.90. The van der Waals surface area contributed by atoms with Gasteiger partial charge in [-0.05, 0) is 36.6 Å². The molecule has 0 radical (unpaired) electrons. The lowest BCUT2D eigenvalue weighted by Gasteiger charge is -2.32. The van der Waals surface area contributed by atoms with Crippen molar-refractivity contribution in [3.63, 3.8) is 0 Å². The number of ether oxygens (including phenoxy) is 2. The number of methoxy groups -OCH3 is 2. The van der Waals surface area contributed by atoms with Crippen molar-refractivity contribution < 1.29 is 9.47 Å². The highest BCUT2D eigenvalue weighted by Crippen LogP contribution is 2.31. The number of benzene rings is 1. The molecule has 2 heterocycles. The lowest BCUT2D eigenvalue weighted by atomic mass is 10.1. The van der Waals surface area contributed by atoms with E-state index in [9.17, 15) is 0 Å². The largest absolute Gasteiger partial charge is 0.493 e. The van der Waals surface area contributed by atoms with Gasteiger partial charge in [0.2, 0.25) is 0 Å². The molecule has 0 aliphatic carbocycles. The maximum Gasteiger partial charge on any atom is 0.161 e. The van der Waals surface area contributed by atoms with Crippen molar-refractivity contribution in [1.82, 2.24) is 15.1 Å². The van der Waals surface area contributed by atoms with Crippen LogP contribution in [0.2, 0.25) is 0 Å². The van der Waals surface area contributed by atoms with Crippen molar-refractivity contribution in [2.75, 3.05) is 53.5 Å². The van der Waals surface area contributed by atoms with E-state index >= 15 is 0 Å². The fourth-order valence-corrected chi connectivity index (χ4v) is 3.74. The monoisotopic (exact) mass is 355 g/mol. The highest BCUT2D eigenvalue weighted by molar-refractivity contribution is 5.85. The minimum Gasteiger partial charge on any atom is -0.493 e. The highest BCUT2D eigenvalue weighted by atomic mass is 35.5. The Kier molecular flexibility index (Phi) is 7.16. The predicted octanol–water partition coefficient (Wildman–Crippen LogP) is 1.91. The smallest absolute Gasteiger partial charge is 0.161 e. The summed E-state index contributed by atoms with van der Waals surface area (Å²) in [5.41, 5.74) is 2.61. The van der Waals surface area contributed by atoms with Gasteiger partial charge in [-0.1, -0.05) is 0 Å². The van der Waals surface area contributed by atoms with Gasteiger partial charge in [-0.25, -0.2) is 0 Å². The van der Waals surface area contributed by atoms with Gasteiger partial charge in [0.05, 0.1) is 14.2 Å². The summed E-state index contributed by atoms with van der Waals surface area (Å²) in [4.78, 5) is 5.22. The second-order valence-corrected chi connectivity index (χ2v) is 6.60.